The molecule has 3 rings (SSSR count). The SMILES string of the molecule is COc1ccc2c(c1)CCCC2NC(=O)CC1(C(=O)[O-])CCC1.[Na+]. The molecule has 0 aliphatic heterocycles. The topological polar surface area (TPSA) is 78.5 Å². The minimum atomic E-state index is -1.09. The van der Waals surface area contributed by atoms with Crippen LogP contribution in [-0.2, 0) is 16.0 Å². The van der Waals surface area contributed by atoms with Gasteiger partial charge in [0.2, 0.25) is 5.91 Å². The molecule has 0 spiro atoms. The van der Waals surface area contributed by atoms with Crippen molar-refractivity contribution in [3.63, 3.8) is 0 Å². The maximum absolute atomic E-state index is 12.3. The fourth-order valence-electron chi connectivity index (χ4n) is 3.68. The summed E-state index contributed by atoms with van der Waals surface area (Å²) in [4.78, 5) is 23.6. The zero-order valence-corrected chi connectivity index (χ0v) is 16.4. The monoisotopic (exact) mass is 339 g/mol. The molecule has 1 aromatic carbocycles. The number of nitrogens with one attached hydrogen (secondary N) is 1. The maximum atomic E-state index is 12.3. The molecule has 1 fully saturated rings. The summed E-state index contributed by atoms with van der Waals surface area (Å²) < 4.78 is 5.25. The molecule has 2 aliphatic rings. The maximum Gasteiger partial charge on any atom is 1.00 e. The van der Waals surface area contributed by atoms with Crippen molar-refractivity contribution in [1.29, 1.82) is 0 Å². The quantitative estimate of drug-likeness (QED) is 0.663. The van der Waals surface area contributed by atoms with E-state index in [1.54, 1.807) is 7.11 Å². The summed E-state index contributed by atoms with van der Waals surface area (Å²) in [7, 11) is 1.64. The molecule has 0 saturated heterocycles. The first-order valence-electron chi connectivity index (χ1n) is 8.22. The van der Waals surface area contributed by atoms with Gasteiger partial charge in [0.1, 0.15) is 5.75 Å². The molecule has 24 heavy (non-hydrogen) atoms. The van der Waals surface area contributed by atoms with Crippen molar-refractivity contribution in [3.8, 4) is 5.75 Å². The summed E-state index contributed by atoms with van der Waals surface area (Å²) in [6.07, 6.45) is 4.81. The third-order valence-electron chi connectivity index (χ3n) is 5.24. The summed E-state index contributed by atoms with van der Waals surface area (Å²) in [5.74, 6) is -0.462. The molecule has 6 heteroatoms. The number of carboxylic acid groups (broad SMARTS) is 1. The van der Waals surface area contributed by atoms with Crippen molar-refractivity contribution in [2.45, 2.75) is 51.0 Å². The smallest absolute Gasteiger partial charge is 0.550 e. The summed E-state index contributed by atoms with van der Waals surface area (Å²) in [6, 6.07) is 5.87. The van der Waals surface area contributed by atoms with Crippen LogP contribution >= 0.6 is 0 Å². The largest absolute Gasteiger partial charge is 1.00 e. The number of carbonyl (C=O) groups excluding carboxylic acids is 2. The third-order valence-corrected chi connectivity index (χ3v) is 5.24. The Morgan fingerprint density at radius 1 is 1.33 bits per heavy atom. The Morgan fingerprint density at radius 3 is 2.67 bits per heavy atom. The number of aliphatic carboxylic acids is 1. The molecule has 1 unspecified atom stereocenters. The van der Waals surface area contributed by atoms with Crippen LogP contribution in [0, 0.1) is 5.41 Å². The van der Waals surface area contributed by atoms with Crippen molar-refractivity contribution in [2.75, 3.05) is 7.11 Å². The van der Waals surface area contributed by atoms with Gasteiger partial charge in [-0.2, -0.15) is 0 Å². The van der Waals surface area contributed by atoms with E-state index in [4.69, 9.17) is 4.74 Å². The van der Waals surface area contributed by atoms with Gasteiger partial charge in [0, 0.05) is 17.8 Å². The molecular weight excluding hydrogens is 317 g/mol. The molecule has 124 valence electrons. The number of amides is 1. The Kier molecular flexibility index (Phi) is 6.34. The summed E-state index contributed by atoms with van der Waals surface area (Å²) in [6.45, 7) is 0. The van der Waals surface area contributed by atoms with Crippen molar-refractivity contribution in [2.24, 2.45) is 5.41 Å². The Balaban J connectivity index is 0.00000208. The van der Waals surface area contributed by atoms with Crippen molar-refractivity contribution >= 4 is 11.9 Å². The van der Waals surface area contributed by atoms with Gasteiger partial charge < -0.3 is 20.0 Å². The normalized spacial score (nSPS) is 20.8. The van der Waals surface area contributed by atoms with Crippen LogP contribution in [0.5, 0.6) is 5.75 Å². The first-order chi connectivity index (χ1) is 11.0. The van der Waals surface area contributed by atoms with Gasteiger partial charge >= 0.3 is 29.6 Å². The number of rotatable bonds is 5. The molecule has 1 N–H and O–H groups in total. The Labute approximate surface area is 164 Å². The van der Waals surface area contributed by atoms with Crippen molar-refractivity contribution in [3.05, 3.63) is 29.3 Å². The van der Waals surface area contributed by atoms with E-state index in [2.05, 4.69) is 5.32 Å². The molecule has 0 heterocycles. The molecule has 0 radical (unpaired) electrons. The Morgan fingerprint density at radius 2 is 2.08 bits per heavy atom. The zero-order chi connectivity index (χ0) is 16.4. The van der Waals surface area contributed by atoms with E-state index in [0.717, 1.165) is 37.0 Å². The van der Waals surface area contributed by atoms with Gasteiger partial charge in [-0.1, -0.05) is 12.5 Å². The number of aryl methyl sites for hydroxylation is 1. The fourth-order valence-corrected chi connectivity index (χ4v) is 3.68. The molecule has 0 bridgehead atoms. The number of benzene rings is 1. The van der Waals surface area contributed by atoms with Gasteiger partial charge in [0.15, 0.2) is 0 Å². The number of methoxy groups -OCH3 is 1. The standard InChI is InChI=1S/C18H23NO4.Na/c1-23-13-6-7-14-12(10-13)4-2-5-15(14)19-16(20)11-18(17(21)22)8-3-9-18;/h6-7,10,15H,2-5,8-9,11H2,1H3,(H,19,20)(H,21,22);/q;+1/p-1. The van der Waals surface area contributed by atoms with Gasteiger partial charge in [-0.3, -0.25) is 4.79 Å². The van der Waals surface area contributed by atoms with Crippen LogP contribution in [0.25, 0.3) is 0 Å². The summed E-state index contributed by atoms with van der Waals surface area (Å²) in [5, 5.41) is 14.3. The van der Waals surface area contributed by atoms with E-state index in [0.29, 0.717) is 12.8 Å². The molecule has 1 aromatic rings. The van der Waals surface area contributed by atoms with Crippen LogP contribution < -0.4 is 44.7 Å². The van der Waals surface area contributed by atoms with Crippen LogP contribution in [0.4, 0.5) is 0 Å². The average Bonchev–Trinajstić information content (AvgIpc) is 2.50. The Hall–Kier alpha value is -1.04. The van der Waals surface area contributed by atoms with Crippen LogP contribution in [0.15, 0.2) is 18.2 Å². The van der Waals surface area contributed by atoms with E-state index in [9.17, 15) is 14.7 Å². The van der Waals surface area contributed by atoms with E-state index in [1.807, 2.05) is 18.2 Å². The van der Waals surface area contributed by atoms with Gasteiger partial charge in [0.05, 0.1) is 13.2 Å². The molecule has 1 amide bonds. The van der Waals surface area contributed by atoms with E-state index < -0.39 is 11.4 Å². The number of hydrogen-bond donors (Lipinski definition) is 1. The second kappa shape index (κ2) is 7.89. The van der Waals surface area contributed by atoms with Crippen LogP contribution in [0.3, 0.4) is 0 Å². The number of hydrogen-bond acceptors (Lipinski definition) is 4. The second-order valence-corrected chi connectivity index (χ2v) is 6.68. The van der Waals surface area contributed by atoms with E-state index >= 15 is 0 Å². The molecule has 1 saturated carbocycles. The van der Waals surface area contributed by atoms with Crippen molar-refractivity contribution < 1.29 is 49.0 Å². The zero-order valence-electron chi connectivity index (χ0n) is 14.4. The Bertz CT molecular complexity index is 627. The number of ether oxygens (including phenoxy) is 1. The first-order valence-corrected chi connectivity index (χ1v) is 8.22. The second-order valence-electron chi connectivity index (χ2n) is 6.68. The van der Waals surface area contributed by atoms with Crippen LogP contribution in [0.2, 0.25) is 0 Å². The van der Waals surface area contributed by atoms with E-state index in [1.165, 1.54) is 5.56 Å². The molecule has 0 aromatic heterocycles. The number of carbonyl (C=O) groups is 2. The van der Waals surface area contributed by atoms with Gasteiger partial charge in [-0.15, -0.1) is 0 Å². The molecule has 1 atom stereocenters. The molecule has 5 nitrogen and oxygen atoms in total. The number of carboxylic acids is 1. The molecular formula is C18H22NNaO4. The van der Waals surface area contributed by atoms with Gasteiger partial charge in [-0.25, -0.2) is 0 Å². The predicted octanol–water partition coefficient (Wildman–Crippen LogP) is -1.50. The van der Waals surface area contributed by atoms with Crippen LogP contribution in [0.1, 0.15) is 55.7 Å². The third kappa shape index (κ3) is 3.79. The van der Waals surface area contributed by atoms with Crippen LogP contribution in [-0.4, -0.2) is 19.0 Å². The van der Waals surface area contributed by atoms with Gasteiger partial charge in [-0.05, 0) is 55.4 Å². The number of fused-ring (bicyclic) bond motifs is 1. The van der Waals surface area contributed by atoms with Crippen molar-refractivity contribution in [1.82, 2.24) is 5.32 Å². The fraction of sp³-hybridized carbons (Fsp3) is 0.556. The summed E-state index contributed by atoms with van der Waals surface area (Å²) in [5.41, 5.74) is 1.36. The first kappa shape index (κ1) is 19.3. The molecule has 2 aliphatic carbocycles. The predicted molar refractivity (Wildman–Crippen MR) is 82.7 cm³/mol. The summed E-state index contributed by atoms with van der Waals surface area (Å²) >= 11 is 0. The minimum Gasteiger partial charge on any atom is -0.550 e. The average molecular weight is 339 g/mol. The van der Waals surface area contributed by atoms with Gasteiger partial charge in [0.25, 0.3) is 0 Å². The minimum absolute atomic E-state index is 0. The van der Waals surface area contributed by atoms with E-state index in [-0.39, 0.29) is 47.9 Å².